The first kappa shape index (κ1) is 13.4. The molecule has 1 aliphatic rings. The van der Waals surface area contributed by atoms with E-state index in [0.29, 0.717) is 6.10 Å². The van der Waals surface area contributed by atoms with Crippen LogP contribution in [-0.2, 0) is 4.74 Å². The third-order valence-electron chi connectivity index (χ3n) is 3.56. The molecular formula is C15H24N2O. The van der Waals surface area contributed by atoms with Gasteiger partial charge in [-0.2, -0.15) is 0 Å². The third-order valence-corrected chi connectivity index (χ3v) is 3.56. The Balaban J connectivity index is 1.91. The lowest BCUT2D eigenvalue weighted by molar-refractivity contribution is 0.0249. The van der Waals surface area contributed by atoms with Crippen LogP contribution in [0.1, 0.15) is 18.9 Å². The topological polar surface area (TPSA) is 24.5 Å². The van der Waals surface area contributed by atoms with Crippen LogP contribution in [0.25, 0.3) is 0 Å². The molecule has 3 heteroatoms. The van der Waals surface area contributed by atoms with Gasteiger partial charge in [0.1, 0.15) is 0 Å². The minimum Gasteiger partial charge on any atom is -0.376 e. The molecule has 1 saturated heterocycles. The second kappa shape index (κ2) is 6.76. The summed E-state index contributed by atoms with van der Waals surface area (Å²) in [5, 5.41) is 3.38. The second-order valence-electron chi connectivity index (χ2n) is 4.85. The summed E-state index contributed by atoms with van der Waals surface area (Å²) >= 11 is 0. The van der Waals surface area contributed by atoms with Gasteiger partial charge in [0.15, 0.2) is 0 Å². The number of hydrogen-bond acceptors (Lipinski definition) is 3. The fraction of sp³-hybridized carbons (Fsp3) is 0.600. The Labute approximate surface area is 110 Å². The molecular weight excluding hydrogens is 224 g/mol. The Hall–Kier alpha value is -1.06. The largest absolute Gasteiger partial charge is 0.376 e. The maximum Gasteiger partial charge on any atom is 0.0716 e. The predicted molar refractivity (Wildman–Crippen MR) is 76.3 cm³/mol. The maximum absolute atomic E-state index is 5.75. The third kappa shape index (κ3) is 3.47. The van der Waals surface area contributed by atoms with Crippen LogP contribution in [0.2, 0.25) is 0 Å². The van der Waals surface area contributed by atoms with E-state index in [1.165, 1.54) is 11.3 Å². The zero-order chi connectivity index (χ0) is 12.8. The van der Waals surface area contributed by atoms with E-state index in [-0.39, 0.29) is 0 Å². The number of hydrogen-bond donors (Lipinski definition) is 1. The van der Waals surface area contributed by atoms with Crippen molar-refractivity contribution in [2.75, 3.05) is 37.7 Å². The molecule has 0 saturated carbocycles. The van der Waals surface area contributed by atoms with Gasteiger partial charge in [0.2, 0.25) is 0 Å². The van der Waals surface area contributed by atoms with Crippen LogP contribution in [0.5, 0.6) is 0 Å². The van der Waals surface area contributed by atoms with Crippen molar-refractivity contribution in [1.29, 1.82) is 0 Å². The van der Waals surface area contributed by atoms with Gasteiger partial charge in [-0.15, -0.1) is 0 Å². The van der Waals surface area contributed by atoms with Crippen LogP contribution >= 0.6 is 0 Å². The monoisotopic (exact) mass is 248 g/mol. The van der Waals surface area contributed by atoms with Gasteiger partial charge in [0.25, 0.3) is 0 Å². The summed E-state index contributed by atoms with van der Waals surface area (Å²) in [5.41, 5.74) is 2.70. The highest BCUT2D eigenvalue weighted by molar-refractivity contribution is 5.52. The van der Waals surface area contributed by atoms with E-state index in [1.54, 1.807) is 0 Å². The minimum atomic E-state index is 0.372. The van der Waals surface area contributed by atoms with Crippen molar-refractivity contribution in [3.8, 4) is 0 Å². The molecule has 1 atom stereocenters. The van der Waals surface area contributed by atoms with Gasteiger partial charge in [-0.25, -0.2) is 0 Å². The summed E-state index contributed by atoms with van der Waals surface area (Å²) in [6, 6.07) is 8.60. The highest BCUT2D eigenvalue weighted by atomic mass is 16.5. The SMILES string of the molecule is CCN(CCC1CNCCO1)c1ccccc1C. The molecule has 0 spiro atoms. The minimum absolute atomic E-state index is 0.372. The molecule has 0 radical (unpaired) electrons. The average molecular weight is 248 g/mol. The number of aryl methyl sites for hydroxylation is 1. The number of anilines is 1. The molecule has 1 N–H and O–H groups in total. The quantitative estimate of drug-likeness (QED) is 0.864. The molecule has 1 aromatic carbocycles. The highest BCUT2D eigenvalue weighted by Crippen LogP contribution is 2.19. The standard InChI is InChI=1S/C15H24N2O/c1-3-17(15-7-5-4-6-13(15)2)10-8-14-12-16-9-11-18-14/h4-7,14,16H,3,8-12H2,1-2H3. The Morgan fingerprint density at radius 3 is 2.89 bits per heavy atom. The Morgan fingerprint density at radius 2 is 2.22 bits per heavy atom. The van der Waals surface area contributed by atoms with Gasteiger partial charge in [-0.3, -0.25) is 0 Å². The molecule has 0 aliphatic carbocycles. The molecule has 1 unspecified atom stereocenters. The summed E-state index contributed by atoms with van der Waals surface area (Å²) in [4.78, 5) is 2.44. The normalized spacial score (nSPS) is 19.8. The number of rotatable bonds is 5. The highest BCUT2D eigenvalue weighted by Gasteiger charge is 2.15. The van der Waals surface area contributed by atoms with Crippen LogP contribution in [0.4, 0.5) is 5.69 Å². The van der Waals surface area contributed by atoms with E-state index in [4.69, 9.17) is 4.74 Å². The zero-order valence-corrected chi connectivity index (χ0v) is 11.5. The summed E-state index contributed by atoms with van der Waals surface area (Å²) in [7, 11) is 0. The van der Waals surface area contributed by atoms with Crippen molar-refractivity contribution in [2.45, 2.75) is 26.4 Å². The molecule has 1 aromatic rings. The molecule has 3 nitrogen and oxygen atoms in total. The lowest BCUT2D eigenvalue weighted by atomic mass is 10.1. The van der Waals surface area contributed by atoms with E-state index < -0.39 is 0 Å². The van der Waals surface area contributed by atoms with Crippen molar-refractivity contribution >= 4 is 5.69 Å². The van der Waals surface area contributed by atoms with Crippen molar-refractivity contribution in [1.82, 2.24) is 5.32 Å². The number of ether oxygens (including phenoxy) is 1. The molecule has 0 bridgehead atoms. The van der Waals surface area contributed by atoms with Crippen LogP contribution in [0.15, 0.2) is 24.3 Å². The first-order valence-corrected chi connectivity index (χ1v) is 6.94. The van der Waals surface area contributed by atoms with Crippen LogP contribution in [0.3, 0.4) is 0 Å². The Bertz CT molecular complexity index is 361. The zero-order valence-electron chi connectivity index (χ0n) is 11.5. The van der Waals surface area contributed by atoms with Gasteiger partial charge in [-0.1, -0.05) is 18.2 Å². The van der Waals surface area contributed by atoms with Gasteiger partial charge in [-0.05, 0) is 31.9 Å². The number of morpholine rings is 1. The van der Waals surface area contributed by atoms with E-state index in [9.17, 15) is 0 Å². The van der Waals surface area contributed by atoms with Crippen LogP contribution in [-0.4, -0.2) is 38.9 Å². The van der Waals surface area contributed by atoms with Crippen molar-refractivity contribution < 1.29 is 4.74 Å². The second-order valence-corrected chi connectivity index (χ2v) is 4.85. The molecule has 1 fully saturated rings. The summed E-state index contributed by atoms with van der Waals surface area (Å²) in [6.45, 7) is 9.33. The number of nitrogens with one attached hydrogen (secondary N) is 1. The summed E-state index contributed by atoms with van der Waals surface area (Å²) < 4.78 is 5.75. The predicted octanol–water partition coefficient (Wildman–Crippen LogP) is 2.20. The first-order chi connectivity index (χ1) is 8.81. The summed E-state index contributed by atoms with van der Waals surface area (Å²) in [6.07, 6.45) is 1.46. The lowest BCUT2D eigenvalue weighted by Gasteiger charge is -2.29. The molecule has 100 valence electrons. The van der Waals surface area contributed by atoms with Crippen LogP contribution < -0.4 is 10.2 Å². The smallest absolute Gasteiger partial charge is 0.0716 e. The van der Waals surface area contributed by atoms with Gasteiger partial charge < -0.3 is 15.0 Å². The number of benzene rings is 1. The molecule has 1 aliphatic heterocycles. The maximum atomic E-state index is 5.75. The van der Waals surface area contributed by atoms with Gasteiger partial charge >= 0.3 is 0 Å². The summed E-state index contributed by atoms with van der Waals surface area (Å²) in [5.74, 6) is 0. The molecule has 18 heavy (non-hydrogen) atoms. The molecule has 0 aromatic heterocycles. The number of nitrogens with zero attached hydrogens (tertiary/aromatic N) is 1. The lowest BCUT2D eigenvalue weighted by Crippen LogP contribution is -2.40. The van der Waals surface area contributed by atoms with Crippen LogP contribution in [0, 0.1) is 6.92 Å². The van der Waals surface area contributed by atoms with Crippen molar-refractivity contribution in [3.63, 3.8) is 0 Å². The Kier molecular flexibility index (Phi) is 5.02. The number of para-hydroxylation sites is 1. The van der Waals surface area contributed by atoms with Gasteiger partial charge in [0.05, 0.1) is 12.7 Å². The Morgan fingerprint density at radius 1 is 1.39 bits per heavy atom. The fourth-order valence-electron chi connectivity index (χ4n) is 2.47. The van der Waals surface area contributed by atoms with E-state index in [2.05, 4.69) is 48.3 Å². The van der Waals surface area contributed by atoms with E-state index >= 15 is 0 Å². The molecule has 2 rings (SSSR count). The van der Waals surface area contributed by atoms with Crippen molar-refractivity contribution in [3.05, 3.63) is 29.8 Å². The fourth-order valence-corrected chi connectivity index (χ4v) is 2.47. The van der Waals surface area contributed by atoms with Crippen molar-refractivity contribution in [2.24, 2.45) is 0 Å². The molecule has 1 heterocycles. The van der Waals surface area contributed by atoms with E-state index in [1.807, 2.05) is 0 Å². The first-order valence-electron chi connectivity index (χ1n) is 6.94. The van der Waals surface area contributed by atoms with E-state index in [0.717, 1.165) is 39.2 Å². The van der Waals surface area contributed by atoms with Gasteiger partial charge in [0, 0.05) is 31.9 Å². The molecule has 0 amide bonds. The average Bonchev–Trinajstić information content (AvgIpc) is 2.42.